The minimum atomic E-state index is -1.27. The van der Waals surface area contributed by atoms with Gasteiger partial charge >= 0.3 is 5.97 Å². The van der Waals surface area contributed by atoms with Crippen molar-refractivity contribution in [2.45, 2.75) is 38.9 Å². The summed E-state index contributed by atoms with van der Waals surface area (Å²) in [6.07, 6.45) is -1.02. The lowest BCUT2D eigenvalue weighted by Crippen LogP contribution is -2.33. The molecule has 0 radical (unpaired) electrons. The predicted octanol–water partition coefficient (Wildman–Crippen LogP) is 2.08. The largest absolute Gasteiger partial charge is 0.460 e. The monoisotopic (exact) mass is 333 g/mol. The SMILES string of the molecule is CC(C)(C)OC(=O)C(CCN)[C@H](O)c1nnc(-c2ccccc2)o1. The fourth-order valence-corrected chi connectivity index (χ4v) is 2.19. The van der Waals surface area contributed by atoms with Gasteiger partial charge in [-0.1, -0.05) is 18.2 Å². The fourth-order valence-electron chi connectivity index (χ4n) is 2.19. The highest BCUT2D eigenvalue weighted by atomic mass is 16.6. The van der Waals surface area contributed by atoms with Gasteiger partial charge < -0.3 is 20.0 Å². The second-order valence-electron chi connectivity index (χ2n) is 6.47. The minimum Gasteiger partial charge on any atom is -0.460 e. The van der Waals surface area contributed by atoms with Crippen molar-refractivity contribution in [3.8, 4) is 11.5 Å². The highest BCUT2D eigenvalue weighted by molar-refractivity contribution is 5.73. The van der Waals surface area contributed by atoms with E-state index in [-0.39, 0.29) is 24.7 Å². The highest BCUT2D eigenvalue weighted by Gasteiger charge is 2.34. The number of carbonyl (C=O) groups excluding carboxylic acids is 1. The van der Waals surface area contributed by atoms with Crippen molar-refractivity contribution < 1.29 is 19.1 Å². The third-order valence-electron chi connectivity index (χ3n) is 3.28. The van der Waals surface area contributed by atoms with Crippen LogP contribution in [-0.2, 0) is 9.53 Å². The van der Waals surface area contributed by atoms with E-state index in [1.54, 1.807) is 20.8 Å². The van der Waals surface area contributed by atoms with Crippen molar-refractivity contribution in [2.24, 2.45) is 11.7 Å². The number of aromatic nitrogens is 2. The van der Waals surface area contributed by atoms with Gasteiger partial charge in [-0.2, -0.15) is 0 Å². The van der Waals surface area contributed by atoms with Gasteiger partial charge in [0.25, 0.3) is 0 Å². The van der Waals surface area contributed by atoms with Crippen LogP contribution in [0.5, 0.6) is 0 Å². The molecule has 0 fully saturated rings. The quantitative estimate of drug-likeness (QED) is 0.778. The Morgan fingerprint density at radius 3 is 2.54 bits per heavy atom. The summed E-state index contributed by atoms with van der Waals surface area (Å²) in [4.78, 5) is 12.3. The zero-order valence-electron chi connectivity index (χ0n) is 14.1. The van der Waals surface area contributed by atoms with E-state index in [1.807, 2.05) is 30.3 Å². The molecule has 2 atom stereocenters. The van der Waals surface area contributed by atoms with Gasteiger partial charge in [0.15, 0.2) is 0 Å². The summed E-state index contributed by atoms with van der Waals surface area (Å²) in [7, 11) is 0. The number of hydrogen-bond acceptors (Lipinski definition) is 7. The highest BCUT2D eigenvalue weighted by Crippen LogP contribution is 2.28. The van der Waals surface area contributed by atoms with Crippen molar-refractivity contribution in [2.75, 3.05) is 6.54 Å². The van der Waals surface area contributed by atoms with Crippen LogP contribution in [0.1, 0.15) is 39.2 Å². The molecule has 3 N–H and O–H groups in total. The number of rotatable bonds is 6. The van der Waals surface area contributed by atoms with Crippen molar-refractivity contribution in [1.29, 1.82) is 0 Å². The summed E-state index contributed by atoms with van der Waals surface area (Å²) >= 11 is 0. The van der Waals surface area contributed by atoms with Crippen molar-refractivity contribution >= 4 is 5.97 Å². The normalized spacial score (nSPS) is 14.2. The molecule has 0 spiro atoms. The lowest BCUT2D eigenvalue weighted by molar-refractivity contribution is -0.165. The van der Waals surface area contributed by atoms with Crippen LogP contribution in [-0.4, -0.2) is 33.4 Å². The van der Waals surface area contributed by atoms with Crippen LogP contribution in [0.3, 0.4) is 0 Å². The maximum absolute atomic E-state index is 12.3. The number of esters is 1. The third-order valence-corrected chi connectivity index (χ3v) is 3.28. The Labute approximate surface area is 140 Å². The molecule has 0 amide bonds. The van der Waals surface area contributed by atoms with Crippen LogP contribution < -0.4 is 5.73 Å². The number of ether oxygens (including phenoxy) is 1. The molecule has 130 valence electrons. The molecule has 0 aliphatic carbocycles. The Balaban J connectivity index is 2.19. The number of aliphatic hydroxyl groups excluding tert-OH is 1. The van der Waals surface area contributed by atoms with Gasteiger partial charge in [0.05, 0.1) is 5.92 Å². The number of aliphatic hydroxyl groups is 1. The molecule has 1 unspecified atom stereocenters. The summed E-state index contributed by atoms with van der Waals surface area (Å²) < 4.78 is 10.9. The molecule has 0 saturated heterocycles. The first-order valence-corrected chi connectivity index (χ1v) is 7.81. The molecular formula is C17H23N3O4. The molecular weight excluding hydrogens is 310 g/mol. The van der Waals surface area contributed by atoms with Crippen LogP contribution in [0.25, 0.3) is 11.5 Å². The van der Waals surface area contributed by atoms with Crippen molar-refractivity contribution in [3.05, 3.63) is 36.2 Å². The van der Waals surface area contributed by atoms with Crippen LogP contribution in [0.15, 0.2) is 34.7 Å². The summed E-state index contributed by atoms with van der Waals surface area (Å²) in [6.45, 7) is 5.51. The van der Waals surface area contributed by atoms with Gasteiger partial charge in [0.2, 0.25) is 11.8 Å². The predicted molar refractivity (Wildman–Crippen MR) is 87.7 cm³/mol. The second kappa shape index (κ2) is 7.55. The van der Waals surface area contributed by atoms with E-state index in [0.717, 1.165) is 5.56 Å². The van der Waals surface area contributed by atoms with E-state index in [1.165, 1.54) is 0 Å². The zero-order valence-corrected chi connectivity index (χ0v) is 14.1. The fraction of sp³-hybridized carbons (Fsp3) is 0.471. The molecule has 7 nitrogen and oxygen atoms in total. The topological polar surface area (TPSA) is 111 Å². The average Bonchev–Trinajstić information content (AvgIpc) is 3.01. The molecule has 1 heterocycles. The molecule has 1 aromatic carbocycles. The van der Waals surface area contributed by atoms with Crippen molar-refractivity contribution in [3.63, 3.8) is 0 Å². The Kier molecular flexibility index (Phi) is 5.69. The van der Waals surface area contributed by atoms with E-state index in [9.17, 15) is 9.90 Å². The smallest absolute Gasteiger partial charge is 0.312 e. The zero-order chi connectivity index (χ0) is 17.7. The maximum atomic E-state index is 12.3. The molecule has 2 aromatic rings. The van der Waals surface area contributed by atoms with Crippen LogP contribution in [0.2, 0.25) is 0 Å². The lowest BCUT2D eigenvalue weighted by Gasteiger charge is -2.25. The third kappa shape index (κ3) is 4.62. The maximum Gasteiger partial charge on any atom is 0.312 e. The van der Waals surface area contributed by atoms with Gasteiger partial charge in [0, 0.05) is 5.56 Å². The first-order chi connectivity index (χ1) is 11.3. The average molecular weight is 333 g/mol. The summed E-state index contributed by atoms with van der Waals surface area (Å²) in [5, 5.41) is 18.3. The minimum absolute atomic E-state index is 0.0295. The summed E-state index contributed by atoms with van der Waals surface area (Å²) in [6, 6.07) is 9.18. The van der Waals surface area contributed by atoms with E-state index in [2.05, 4.69) is 10.2 Å². The van der Waals surface area contributed by atoms with Gasteiger partial charge in [-0.25, -0.2) is 0 Å². The first-order valence-electron chi connectivity index (χ1n) is 7.81. The molecule has 24 heavy (non-hydrogen) atoms. The van der Waals surface area contributed by atoms with Crippen LogP contribution in [0.4, 0.5) is 0 Å². The second-order valence-corrected chi connectivity index (χ2v) is 6.47. The molecule has 0 bridgehead atoms. The Hall–Kier alpha value is -2.25. The van der Waals surface area contributed by atoms with Gasteiger partial charge in [-0.15, -0.1) is 10.2 Å². The molecule has 0 aliphatic heterocycles. The first kappa shape index (κ1) is 18.1. The number of hydrogen-bond donors (Lipinski definition) is 2. The van der Waals surface area contributed by atoms with Gasteiger partial charge in [-0.05, 0) is 45.9 Å². The Morgan fingerprint density at radius 1 is 1.29 bits per heavy atom. The summed E-state index contributed by atoms with van der Waals surface area (Å²) in [5.41, 5.74) is 5.63. The number of benzene rings is 1. The van der Waals surface area contributed by atoms with E-state index in [4.69, 9.17) is 14.9 Å². The van der Waals surface area contributed by atoms with Gasteiger partial charge in [-0.3, -0.25) is 4.79 Å². The molecule has 0 aliphatic rings. The van der Waals surface area contributed by atoms with E-state index >= 15 is 0 Å². The van der Waals surface area contributed by atoms with E-state index in [0.29, 0.717) is 0 Å². The number of nitrogens with two attached hydrogens (primary N) is 1. The van der Waals surface area contributed by atoms with Crippen LogP contribution >= 0.6 is 0 Å². The Morgan fingerprint density at radius 2 is 1.96 bits per heavy atom. The molecule has 2 rings (SSSR count). The van der Waals surface area contributed by atoms with Crippen LogP contribution in [0, 0.1) is 5.92 Å². The van der Waals surface area contributed by atoms with E-state index < -0.39 is 23.6 Å². The molecule has 0 saturated carbocycles. The Bertz CT molecular complexity index is 664. The lowest BCUT2D eigenvalue weighted by atomic mass is 9.98. The summed E-state index contributed by atoms with van der Waals surface area (Å²) in [5.74, 6) is -1.16. The number of nitrogens with zero attached hydrogens (tertiary/aromatic N) is 2. The standard InChI is InChI=1S/C17H23N3O4/c1-17(2,3)24-16(22)12(9-10-18)13(21)15-20-19-14(23-15)11-7-5-4-6-8-11/h4-8,12-13,21H,9-10,18H2,1-3H3/t12?,13-/m0/s1. The number of carbonyl (C=O) groups is 1. The molecule has 7 heteroatoms. The molecule has 1 aromatic heterocycles. The van der Waals surface area contributed by atoms with Gasteiger partial charge in [0.1, 0.15) is 11.7 Å². The van der Waals surface area contributed by atoms with Crippen molar-refractivity contribution in [1.82, 2.24) is 10.2 Å².